The fourth-order valence-corrected chi connectivity index (χ4v) is 2.70. The first-order chi connectivity index (χ1) is 10.6. The molecular weight excluding hydrogens is 310 g/mol. The number of carboxylic acid groups (broad SMARTS) is 1. The minimum Gasteiger partial charge on any atom is -0.489 e. The van der Waals surface area contributed by atoms with Crippen molar-refractivity contribution in [3.05, 3.63) is 29.0 Å². The van der Waals surface area contributed by atoms with Crippen LogP contribution in [0, 0.1) is 5.41 Å². The summed E-state index contributed by atoms with van der Waals surface area (Å²) in [6.07, 6.45) is 2.19. The molecule has 0 bridgehead atoms. The van der Waals surface area contributed by atoms with Crippen molar-refractivity contribution in [3.8, 4) is 22.8 Å². The van der Waals surface area contributed by atoms with E-state index in [-0.39, 0.29) is 11.2 Å². The predicted molar refractivity (Wildman–Crippen MR) is 76.6 cm³/mol. The summed E-state index contributed by atoms with van der Waals surface area (Å²) in [6.45, 7) is 1.20. The summed E-state index contributed by atoms with van der Waals surface area (Å²) in [4.78, 5) is 10.9. The lowest BCUT2D eigenvalue weighted by Crippen LogP contribution is -2.17. The predicted octanol–water partition coefficient (Wildman–Crippen LogP) is 3.24. The van der Waals surface area contributed by atoms with E-state index in [9.17, 15) is 4.79 Å². The molecule has 4 rings (SSSR count). The summed E-state index contributed by atoms with van der Waals surface area (Å²) in [6, 6.07) is 4.75. The zero-order chi connectivity index (χ0) is 15.3. The Morgan fingerprint density at radius 3 is 2.68 bits per heavy atom. The fraction of sp³-hybridized carbons (Fsp3) is 0.333. The Morgan fingerprint density at radius 2 is 2.00 bits per heavy atom. The van der Waals surface area contributed by atoms with Crippen LogP contribution in [0.4, 0.5) is 0 Å². The van der Waals surface area contributed by atoms with Gasteiger partial charge >= 0.3 is 5.97 Å². The Kier molecular flexibility index (Phi) is 2.84. The third kappa shape index (κ3) is 2.20. The van der Waals surface area contributed by atoms with Crippen LogP contribution in [0.5, 0.6) is 11.5 Å². The molecule has 2 heterocycles. The standard InChI is InChI=1S/C15H12ClNO5/c16-9-3-8(10-5-12(14(18)19)22-17-10)4-11-13(9)21-7-15(1-2-15)6-20-11/h3-5H,1-2,6-7H2,(H,18,19). The van der Waals surface area contributed by atoms with Gasteiger partial charge in [-0.1, -0.05) is 16.8 Å². The van der Waals surface area contributed by atoms with E-state index < -0.39 is 5.97 Å². The number of hydrogen-bond donors (Lipinski definition) is 1. The maximum Gasteiger partial charge on any atom is 0.374 e. The third-order valence-corrected chi connectivity index (χ3v) is 4.32. The van der Waals surface area contributed by atoms with Gasteiger partial charge < -0.3 is 19.1 Å². The lowest BCUT2D eigenvalue weighted by molar-refractivity contribution is 0.0652. The number of benzene rings is 1. The Balaban J connectivity index is 1.71. The number of rotatable bonds is 2. The minimum absolute atomic E-state index is 0.118. The zero-order valence-corrected chi connectivity index (χ0v) is 12.2. The second-order valence-corrected chi connectivity index (χ2v) is 6.15. The number of halogens is 1. The van der Waals surface area contributed by atoms with Crippen molar-refractivity contribution < 1.29 is 23.9 Å². The van der Waals surface area contributed by atoms with Crippen LogP contribution >= 0.6 is 11.6 Å². The topological polar surface area (TPSA) is 81.8 Å². The first-order valence-electron chi connectivity index (χ1n) is 6.86. The summed E-state index contributed by atoms with van der Waals surface area (Å²) in [5, 5.41) is 13.0. The highest BCUT2D eigenvalue weighted by atomic mass is 35.5. The van der Waals surface area contributed by atoms with Crippen molar-refractivity contribution in [2.75, 3.05) is 13.2 Å². The number of hydrogen-bond acceptors (Lipinski definition) is 5. The van der Waals surface area contributed by atoms with Crippen LogP contribution in [0.2, 0.25) is 5.02 Å². The maximum atomic E-state index is 10.9. The smallest absolute Gasteiger partial charge is 0.374 e. The molecule has 2 aliphatic rings. The van der Waals surface area contributed by atoms with Crippen molar-refractivity contribution >= 4 is 17.6 Å². The number of nitrogens with zero attached hydrogens (tertiary/aromatic N) is 1. The van der Waals surface area contributed by atoms with E-state index in [4.69, 9.17) is 30.7 Å². The van der Waals surface area contributed by atoms with Crippen LogP contribution in [0.25, 0.3) is 11.3 Å². The summed E-state index contributed by atoms with van der Waals surface area (Å²) in [5.41, 5.74) is 1.12. The lowest BCUT2D eigenvalue weighted by Gasteiger charge is -2.10. The molecule has 2 aromatic rings. The minimum atomic E-state index is -1.17. The van der Waals surface area contributed by atoms with Crippen molar-refractivity contribution in [3.63, 3.8) is 0 Å². The largest absolute Gasteiger partial charge is 0.489 e. The van der Waals surface area contributed by atoms with E-state index in [0.29, 0.717) is 41.0 Å². The highest BCUT2D eigenvalue weighted by molar-refractivity contribution is 6.32. The van der Waals surface area contributed by atoms with Crippen LogP contribution in [0.15, 0.2) is 22.7 Å². The van der Waals surface area contributed by atoms with E-state index in [0.717, 1.165) is 12.8 Å². The molecule has 0 radical (unpaired) electrons. The molecule has 1 aromatic carbocycles. The molecular formula is C15H12ClNO5. The Labute approximate surface area is 130 Å². The number of ether oxygens (including phenoxy) is 2. The SMILES string of the molecule is O=C(O)c1cc(-c2cc(Cl)c3c(c2)OCC2(CC2)CO3)no1. The summed E-state index contributed by atoms with van der Waals surface area (Å²) < 4.78 is 16.4. The summed E-state index contributed by atoms with van der Waals surface area (Å²) in [5.74, 6) is -0.327. The third-order valence-electron chi connectivity index (χ3n) is 4.04. The molecule has 1 N–H and O–H groups in total. The van der Waals surface area contributed by atoms with E-state index in [2.05, 4.69) is 5.16 Å². The first-order valence-corrected chi connectivity index (χ1v) is 7.24. The molecule has 0 atom stereocenters. The quantitative estimate of drug-likeness (QED) is 0.914. The first kappa shape index (κ1) is 13.5. The van der Waals surface area contributed by atoms with Crippen LogP contribution < -0.4 is 9.47 Å². The van der Waals surface area contributed by atoms with E-state index in [1.54, 1.807) is 12.1 Å². The average molecular weight is 322 g/mol. The number of carbonyl (C=O) groups is 1. The Hall–Kier alpha value is -2.21. The highest BCUT2D eigenvalue weighted by Gasteiger charge is 2.46. The molecule has 22 heavy (non-hydrogen) atoms. The van der Waals surface area contributed by atoms with Crippen molar-refractivity contribution in [2.45, 2.75) is 12.8 Å². The average Bonchev–Trinajstić information content (AvgIpc) is 3.13. The molecule has 6 nitrogen and oxygen atoms in total. The molecule has 1 spiro atoms. The number of fused-ring (bicyclic) bond motifs is 1. The van der Waals surface area contributed by atoms with Gasteiger partial charge in [0.25, 0.3) is 0 Å². The zero-order valence-electron chi connectivity index (χ0n) is 11.5. The fourth-order valence-electron chi connectivity index (χ4n) is 2.44. The van der Waals surface area contributed by atoms with Gasteiger partial charge in [0.05, 0.1) is 18.2 Å². The Morgan fingerprint density at radius 1 is 1.23 bits per heavy atom. The Bertz CT molecular complexity index is 765. The van der Waals surface area contributed by atoms with E-state index >= 15 is 0 Å². The van der Waals surface area contributed by atoms with Gasteiger partial charge in [0, 0.05) is 17.0 Å². The molecule has 0 unspecified atom stereocenters. The van der Waals surface area contributed by atoms with Crippen molar-refractivity contribution in [1.82, 2.24) is 5.16 Å². The number of aromatic nitrogens is 1. The van der Waals surface area contributed by atoms with Gasteiger partial charge in [-0.05, 0) is 25.0 Å². The van der Waals surface area contributed by atoms with E-state index in [1.807, 2.05) is 0 Å². The van der Waals surface area contributed by atoms with Crippen molar-refractivity contribution in [1.29, 1.82) is 0 Å². The maximum absolute atomic E-state index is 10.9. The second-order valence-electron chi connectivity index (χ2n) is 5.74. The van der Waals surface area contributed by atoms with Crippen LogP contribution in [0.1, 0.15) is 23.4 Å². The molecule has 1 aliphatic heterocycles. The van der Waals surface area contributed by atoms with Gasteiger partial charge in [0.2, 0.25) is 5.76 Å². The van der Waals surface area contributed by atoms with Gasteiger partial charge in [-0.15, -0.1) is 0 Å². The monoisotopic (exact) mass is 321 g/mol. The summed E-state index contributed by atoms with van der Waals surface area (Å²) >= 11 is 6.27. The summed E-state index contributed by atoms with van der Waals surface area (Å²) in [7, 11) is 0. The molecule has 0 amide bonds. The van der Waals surface area contributed by atoms with E-state index in [1.165, 1.54) is 6.07 Å². The normalized spacial score (nSPS) is 18.0. The second kappa shape index (κ2) is 4.64. The number of carboxylic acids is 1. The van der Waals surface area contributed by atoms with Gasteiger partial charge in [-0.2, -0.15) is 0 Å². The molecule has 1 fully saturated rings. The van der Waals surface area contributed by atoms with Crippen molar-refractivity contribution in [2.24, 2.45) is 5.41 Å². The highest BCUT2D eigenvalue weighted by Crippen LogP contribution is 2.51. The van der Waals surface area contributed by atoms with Gasteiger partial charge in [0.15, 0.2) is 11.5 Å². The lowest BCUT2D eigenvalue weighted by atomic mass is 10.1. The molecule has 114 valence electrons. The molecule has 0 saturated heterocycles. The van der Waals surface area contributed by atoms with Gasteiger partial charge in [-0.3, -0.25) is 0 Å². The van der Waals surface area contributed by atoms with Crippen LogP contribution in [0.3, 0.4) is 0 Å². The van der Waals surface area contributed by atoms with Gasteiger partial charge in [0.1, 0.15) is 5.69 Å². The molecule has 1 aliphatic carbocycles. The molecule has 7 heteroatoms. The van der Waals surface area contributed by atoms with Crippen LogP contribution in [-0.4, -0.2) is 29.4 Å². The number of aromatic carboxylic acids is 1. The molecule has 1 saturated carbocycles. The van der Waals surface area contributed by atoms with Gasteiger partial charge in [-0.25, -0.2) is 4.79 Å². The molecule has 1 aromatic heterocycles. The van der Waals surface area contributed by atoms with Crippen LogP contribution in [-0.2, 0) is 0 Å².